The Morgan fingerprint density at radius 1 is 0.929 bits per heavy atom. The topological polar surface area (TPSA) is 124 Å². The van der Waals surface area contributed by atoms with E-state index in [1.165, 1.54) is 40.0 Å². The molecule has 4 rings (SSSR count). The van der Waals surface area contributed by atoms with E-state index in [1.807, 2.05) is 39.8 Å². The van der Waals surface area contributed by atoms with E-state index in [1.54, 1.807) is 6.08 Å². The van der Waals surface area contributed by atoms with Crippen molar-refractivity contribution in [3.05, 3.63) is 52.1 Å². The molecule has 2 aliphatic rings. The molecular formula is C32H34O10. The molecule has 2 aromatic carbocycles. The van der Waals surface area contributed by atoms with Crippen LogP contribution >= 0.6 is 0 Å². The van der Waals surface area contributed by atoms with Crippen LogP contribution < -0.4 is 28.4 Å². The summed E-state index contributed by atoms with van der Waals surface area (Å²) in [5, 5.41) is 0. The molecular weight excluding hydrogens is 544 g/mol. The summed E-state index contributed by atoms with van der Waals surface area (Å²) >= 11 is 0. The van der Waals surface area contributed by atoms with Crippen LogP contribution in [0.2, 0.25) is 0 Å². The highest BCUT2D eigenvalue weighted by Gasteiger charge is 2.41. The average molecular weight is 579 g/mol. The second-order valence-electron chi connectivity index (χ2n) is 10.8. The van der Waals surface area contributed by atoms with Crippen LogP contribution in [0.25, 0.3) is 6.08 Å². The summed E-state index contributed by atoms with van der Waals surface area (Å²) in [4.78, 5) is 50.4. The van der Waals surface area contributed by atoms with Gasteiger partial charge in [0.1, 0.15) is 35.0 Å². The van der Waals surface area contributed by atoms with Crippen molar-refractivity contribution >= 4 is 29.8 Å². The molecule has 2 aromatic rings. The molecule has 0 fully saturated rings. The molecule has 0 radical (unpaired) electrons. The zero-order valence-corrected chi connectivity index (χ0v) is 25.0. The van der Waals surface area contributed by atoms with Crippen LogP contribution in [0.15, 0.2) is 29.9 Å². The molecule has 0 aliphatic carbocycles. The number of fused-ring (bicyclic) bond motifs is 2. The highest BCUT2D eigenvalue weighted by molar-refractivity contribution is 6.09. The SMILES string of the molecule is COc1cc(C2COc3c(CC=C(C)C)c4c(c(OC(C)=O)c3C2=O)C=CC(C)(C)O4)c(OC(C)=O)cc1OC(C)=O. The lowest BCUT2D eigenvalue weighted by Gasteiger charge is -2.34. The van der Waals surface area contributed by atoms with Crippen molar-refractivity contribution in [2.24, 2.45) is 0 Å². The lowest BCUT2D eigenvalue weighted by Crippen LogP contribution is -2.32. The van der Waals surface area contributed by atoms with Crippen molar-refractivity contribution < 1.29 is 47.6 Å². The van der Waals surface area contributed by atoms with E-state index < -0.39 is 35.2 Å². The molecule has 0 N–H and O–H groups in total. The Hall–Kier alpha value is -4.60. The first-order valence-electron chi connectivity index (χ1n) is 13.4. The van der Waals surface area contributed by atoms with E-state index in [0.717, 1.165) is 5.57 Å². The van der Waals surface area contributed by atoms with E-state index in [-0.39, 0.29) is 46.5 Å². The molecule has 10 nitrogen and oxygen atoms in total. The maximum Gasteiger partial charge on any atom is 0.308 e. The Kier molecular flexibility index (Phi) is 8.47. The van der Waals surface area contributed by atoms with E-state index in [2.05, 4.69) is 0 Å². The molecule has 1 atom stereocenters. The summed E-state index contributed by atoms with van der Waals surface area (Å²) in [6.07, 6.45) is 6.00. The summed E-state index contributed by atoms with van der Waals surface area (Å²) in [5.41, 5.74) is 1.82. The van der Waals surface area contributed by atoms with Gasteiger partial charge in [0, 0.05) is 38.0 Å². The molecule has 2 aliphatic heterocycles. The highest BCUT2D eigenvalue weighted by atomic mass is 16.6. The quantitative estimate of drug-likeness (QED) is 0.236. The maximum atomic E-state index is 14.4. The van der Waals surface area contributed by atoms with Crippen LogP contribution in [-0.4, -0.2) is 43.0 Å². The summed E-state index contributed by atoms with van der Waals surface area (Å²) in [5.74, 6) is -2.43. The minimum absolute atomic E-state index is 0.00769. The molecule has 0 amide bonds. The molecule has 222 valence electrons. The number of rotatable bonds is 7. The van der Waals surface area contributed by atoms with Crippen molar-refractivity contribution in [2.75, 3.05) is 13.7 Å². The maximum absolute atomic E-state index is 14.4. The van der Waals surface area contributed by atoms with Gasteiger partial charge in [0.25, 0.3) is 0 Å². The van der Waals surface area contributed by atoms with Crippen LogP contribution in [-0.2, 0) is 20.8 Å². The molecule has 10 heteroatoms. The minimum Gasteiger partial charge on any atom is -0.493 e. The molecule has 0 aromatic heterocycles. The van der Waals surface area contributed by atoms with Gasteiger partial charge in [-0.15, -0.1) is 0 Å². The fourth-order valence-corrected chi connectivity index (χ4v) is 4.85. The van der Waals surface area contributed by atoms with Crippen LogP contribution in [0, 0.1) is 0 Å². The lowest BCUT2D eigenvalue weighted by atomic mass is 9.84. The number of methoxy groups -OCH3 is 1. The van der Waals surface area contributed by atoms with Gasteiger partial charge >= 0.3 is 17.9 Å². The summed E-state index contributed by atoms with van der Waals surface area (Å²) in [7, 11) is 1.38. The number of Topliss-reactive ketones (excluding diaryl/α,β-unsaturated/α-hetero) is 1. The number of hydrogen-bond donors (Lipinski definition) is 0. The first kappa shape index (κ1) is 30.4. The lowest BCUT2D eigenvalue weighted by molar-refractivity contribution is -0.133. The van der Waals surface area contributed by atoms with Gasteiger partial charge in [0.15, 0.2) is 23.0 Å². The van der Waals surface area contributed by atoms with Crippen LogP contribution in [0.1, 0.15) is 81.4 Å². The molecule has 1 unspecified atom stereocenters. The third-order valence-corrected chi connectivity index (χ3v) is 6.60. The standard InChI is InChI=1S/C32H34O10/c1-16(2)9-10-20-29-21(11-12-32(6,7)42-29)31(41-19(5)35)27-28(36)23(15-38-30(20)27)22-13-25(37-8)26(40-18(4)34)14-24(22)39-17(3)33/h9,11-14,23H,10,15H2,1-8H3. The number of esters is 3. The van der Waals surface area contributed by atoms with Gasteiger partial charge in [-0.25, -0.2) is 0 Å². The van der Waals surface area contributed by atoms with Gasteiger partial charge in [0.05, 0.1) is 18.6 Å². The minimum atomic E-state index is -0.999. The predicted octanol–water partition coefficient (Wildman–Crippen LogP) is 5.52. The van der Waals surface area contributed by atoms with Crippen molar-refractivity contribution in [1.82, 2.24) is 0 Å². The van der Waals surface area contributed by atoms with Gasteiger partial charge < -0.3 is 28.4 Å². The van der Waals surface area contributed by atoms with Crippen LogP contribution in [0.3, 0.4) is 0 Å². The van der Waals surface area contributed by atoms with Crippen molar-refractivity contribution in [2.45, 2.75) is 66.4 Å². The summed E-state index contributed by atoms with van der Waals surface area (Å²) < 4.78 is 34.4. The third kappa shape index (κ3) is 6.17. The largest absolute Gasteiger partial charge is 0.493 e. The third-order valence-electron chi connectivity index (χ3n) is 6.60. The normalized spacial score (nSPS) is 16.2. The Labute approximate surface area is 244 Å². The van der Waals surface area contributed by atoms with Crippen LogP contribution in [0.4, 0.5) is 0 Å². The van der Waals surface area contributed by atoms with Crippen molar-refractivity contribution in [3.8, 4) is 34.5 Å². The number of ether oxygens (including phenoxy) is 6. The van der Waals surface area contributed by atoms with E-state index in [0.29, 0.717) is 23.3 Å². The van der Waals surface area contributed by atoms with Gasteiger partial charge in [-0.05, 0) is 52.3 Å². The molecule has 0 saturated heterocycles. The van der Waals surface area contributed by atoms with E-state index in [9.17, 15) is 19.2 Å². The number of carbonyl (C=O) groups is 4. The molecule has 42 heavy (non-hydrogen) atoms. The number of allylic oxidation sites excluding steroid dienone is 2. The van der Waals surface area contributed by atoms with Crippen molar-refractivity contribution in [3.63, 3.8) is 0 Å². The highest BCUT2D eigenvalue weighted by Crippen LogP contribution is 2.52. The summed E-state index contributed by atoms with van der Waals surface area (Å²) in [6, 6.07) is 2.78. The van der Waals surface area contributed by atoms with Gasteiger partial charge in [-0.1, -0.05) is 11.6 Å². The Morgan fingerprint density at radius 2 is 1.57 bits per heavy atom. The van der Waals surface area contributed by atoms with Gasteiger partial charge in [-0.2, -0.15) is 0 Å². The summed E-state index contributed by atoms with van der Waals surface area (Å²) in [6.45, 7) is 11.3. The predicted molar refractivity (Wildman–Crippen MR) is 153 cm³/mol. The Bertz CT molecular complexity index is 1540. The Morgan fingerprint density at radius 3 is 2.17 bits per heavy atom. The second kappa shape index (κ2) is 11.7. The van der Waals surface area contributed by atoms with E-state index in [4.69, 9.17) is 28.4 Å². The molecule has 0 spiro atoms. The number of carbonyl (C=O) groups excluding carboxylic acids is 4. The monoisotopic (exact) mass is 578 g/mol. The molecule has 2 heterocycles. The Balaban J connectivity index is 1.97. The zero-order valence-electron chi connectivity index (χ0n) is 25.0. The molecule has 0 saturated carbocycles. The van der Waals surface area contributed by atoms with E-state index >= 15 is 0 Å². The first-order chi connectivity index (χ1) is 19.7. The fraction of sp³-hybridized carbons (Fsp3) is 0.375. The smallest absolute Gasteiger partial charge is 0.308 e. The van der Waals surface area contributed by atoms with Gasteiger partial charge in [0.2, 0.25) is 0 Å². The molecule has 0 bridgehead atoms. The number of benzene rings is 2. The average Bonchev–Trinajstić information content (AvgIpc) is 2.87. The fourth-order valence-electron chi connectivity index (χ4n) is 4.85. The number of ketones is 1. The second-order valence-corrected chi connectivity index (χ2v) is 10.8. The number of hydrogen-bond acceptors (Lipinski definition) is 10. The first-order valence-corrected chi connectivity index (χ1v) is 13.4. The van der Waals surface area contributed by atoms with Crippen molar-refractivity contribution in [1.29, 1.82) is 0 Å². The van der Waals surface area contributed by atoms with Gasteiger partial charge in [-0.3, -0.25) is 19.2 Å². The zero-order chi connectivity index (χ0) is 30.9. The van der Waals surface area contributed by atoms with Crippen LogP contribution in [0.5, 0.6) is 34.5 Å².